The van der Waals surface area contributed by atoms with Gasteiger partial charge in [0, 0.05) is 11.8 Å². The molecule has 4 aromatic rings. The lowest BCUT2D eigenvalue weighted by Crippen LogP contribution is -2.20. The molecule has 0 bridgehead atoms. The minimum Gasteiger partial charge on any atom is -0.484 e. The molecule has 0 spiro atoms. The zero-order chi connectivity index (χ0) is 20.2. The van der Waals surface area contributed by atoms with Gasteiger partial charge in [0.1, 0.15) is 11.3 Å². The maximum atomic E-state index is 12.2. The second kappa shape index (κ2) is 8.37. The number of hydrogen-bond donors (Lipinski definition) is 1. The molecule has 0 aliphatic heterocycles. The summed E-state index contributed by atoms with van der Waals surface area (Å²) in [5.41, 5.74) is 3.80. The van der Waals surface area contributed by atoms with Crippen molar-refractivity contribution in [2.24, 2.45) is 0 Å². The van der Waals surface area contributed by atoms with Gasteiger partial charge >= 0.3 is 0 Å². The van der Waals surface area contributed by atoms with Gasteiger partial charge in [-0.05, 0) is 48.4 Å². The minimum absolute atomic E-state index is 0.0786. The number of fused-ring (bicyclic) bond motifs is 1. The number of benzene rings is 3. The van der Waals surface area contributed by atoms with E-state index in [2.05, 4.69) is 17.2 Å². The normalized spacial score (nSPS) is 10.8. The Labute approximate surface area is 173 Å². The van der Waals surface area contributed by atoms with Crippen LogP contribution in [0.5, 0.6) is 5.75 Å². The van der Waals surface area contributed by atoms with E-state index in [1.807, 2.05) is 42.5 Å². The average molecular weight is 407 g/mol. The molecule has 0 saturated carbocycles. The summed E-state index contributed by atoms with van der Waals surface area (Å²) < 4.78 is 11.4. The molecule has 0 fully saturated rings. The summed E-state index contributed by atoms with van der Waals surface area (Å²) >= 11 is 6.22. The number of amides is 1. The first-order chi connectivity index (χ1) is 14.1. The van der Waals surface area contributed by atoms with Crippen LogP contribution in [0.15, 0.2) is 71.1 Å². The second-order valence-electron chi connectivity index (χ2n) is 6.52. The maximum absolute atomic E-state index is 12.2. The highest BCUT2D eigenvalue weighted by molar-refractivity contribution is 6.33. The molecule has 1 heterocycles. The highest BCUT2D eigenvalue weighted by Gasteiger charge is 2.12. The predicted octanol–water partition coefficient (Wildman–Crippen LogP) is 5.73. The summed E-state index contributed by atoms with van der Waals surface area (Å²) in [6.45, 7) is 2.01. The Hall–Kier alpha value is -3.31. The van der Waals surface area contributed by atoms with Gasteiger partial charge < -0.3 is 14.5 Å². The Morgan fingerprint density at radius 3 is 2.66 bits per heavy atom. The van der Waals surface area contributed by atoms with Gasteiger partial charge in [0.15, 0.2) is 12.2 Å². The van der Waals surface area contributed by atoms with Gasteiger partial charge in [-0.1, -0.05) is 42.8 Å². The fourth-order valence-corrected chi connectivity index (χ4v) is 3.14. The topological polar surface area (TPSA) is 64.4 Å². The fourth-order valence-electron chi connectivity index (χ4n) is 2.92. The summed E-state index contributed by atoms with van der Waals surface area (Å²) in [5, 5.41) is 3.38. The molecule has 0 atom stereocenters. The van der Waals surface area contributed by atoms with Crippen molar-refractivity contribution in [2.45, 2.75) is 13.3 Å². The molecule has 0 aliphatic carbocycles. The van der Waals surface area contributed by atoms with Crippen molar-refractivity contribution in [2.75, 3.05) is 11.9 Å². The van der Waals surface area contributed by atoms with Crippen molar-refractivity contribution in [3.63, 3.8) is 0 Å². The third-order valence-corrected chi connectivity index (χ3v) is 4.81. The van der Waals surface area contributed by atoms with Crippen LogP contribution in [0.4, 0.5) is 5.69 Å². The smallest absolute Gasteiger partial charge is 0.262 e. The highest BCUT2D eigenvalue weighted by atomic mass is 35.5. The Bertz CT molecular complexity index is 1150. The molecule has 3 aromatic carbocycles. The first-order valence-electron chi connectivity index (χ1n) is 9.29. The molecule has 1 aromatic heterocycles. The van der Waals surface area contributed by atoms with E-state index in [0.29, 0.717) is 33.4 Å². The van der Waals surface area contributed by atoms with E-state index in [1.54, 1.807) is 24.3 Å². The largest absolute Gasteiger partial charge is 0.484 e. The third-order valence-electron chi connectivity index (χ3n) is 4.48. The van der Waals surface area contributed by atoms with Crippen molar-refractivity contribution in [3.8, 4) is 17.2 Å². The molecular weight excluding hydrogens is 388 g/mol. The van der Waals surface area contributed by atoms with E-state index < -0.39 is 0 Å². The molecular formula is C23H19ClN2O3. The number of ether oxygens (including phenoxy) is 1. The lowest BCUT2D eigenvalue weighted by atomic mass is 10.2. The Morgan fingerprint density at radius 2 is 1.90 bits per heavy atom. The average Bonchev–Trinajstić information content (AvgIpc) is 3.16. The molecule has 0 saturated heterocycles. The monoisotopic (exact) mass is 406 g/mol. The summed E-state index contributed by atoms with van der Waals surface area (Å²) in [6.07, 6.45) is 0.961. The van der Waals surface area contributed by atoms with Crippen molar-refractivity contribution in [3.05, 3.63) is 77.3 Å². The standard InChI is InChI=1S/C23H19ClN2O3/c1-2-15-7-10-17(11-8-15)28-14-22(27)25-16-9-12-20-21(13-16)29-23(26-20)18-5-3-4-6-19(18)24/h3-13H,2,14H2,1H3,(H,25,27). The molecule has 5 nitrogen and oxygen atoms in total. The number of rotatable bonds is 6. The number of aryl methyl sites for hydroxylation is 1. The number of hydrogen-bond acceptors (Lipinski definition) is 4. The molecule has 29 heavy (non-hydrogen) atoms. The van der Waals surface area contributed by atoms with Crippen molar-refractivity contribution >= 4 is 34.3 Å². The Kier molecular flexibility index (Phi) is 5.49. The van der Waals surface area contributed by atoms with Crippen LogP contribution in [0.25, 0.3) is 22.6 Å². The number of aromatic nitrogens is 1. The van der Waals surface area contributed by atoms with E-state index in [-0.39, 0.29) is 12.5 Å². The van der Waals surface area contributed by atoms with Crippen molar-refractivity contribution in [1.82, 2.24) is 4.98 Å². The third kappa shape index (κ3) is 4.41. The van der Waals surface area contributed by atoms with Crippen LogP contribution >= 0.6 is 11.6 Å². The number of carbonyl (C=O) groups is 1. The number of carbonyl (C=O) groups excluding carboxylic acids is 1. The number of nitrogens with one attached hydrogen (secondary N) is 1. The van der Waals surface area contributed by atoms with Crippen LogP contribution in [0.2, 0.25) is 5.02 Å². The number of nitrogens with zero attached hydrogens (tertiary/aromatic N) is 1. The highest BCUT2D eigenvalue weighted by Crippen LogP contribution is 2.30. The van der Waals surface area contributed by atoms with Gasteiger partial charge in [0.25, 0.3) is 5.91 Å². The fraction of sp³-hybridized carbons (Fsp3) is 0.130. The van der Waals surface area contributed by atoms with Crippen LogP contribution in [-0.2, 0) is 11.2 Å². The lowest BCUT2D eigenvalue weighted by molar-refractivity contribution is -0.118. The maximum Gasteiger partial charge on any atom is 0.262 e. The van der Waals surface area contributed by atoms with Crippen LogP contribution < -0.4 is 10.1 Å². The van der Waals surface area contributed by atoms with Gasteiger partial charge in [0.2, 0.25) is 5.89 Å². The van der Waals surface area contributed by atoms with E-state index >= 15 is 0 Å². The molecule has 1 amide bonds. The van der Waals surface area contributed by atoms with Gasteiger partial charge in [-0.25, -0.2) is 4.98 Å². The van der Waals surface area contributed by atoms with E-state index in [9.17, 15) is 4.79 Å². The zero-order valence-corrected chi connectivity index (χ0v) is 16.6. The van der Waals surface area contributed by atoms with Crippen LogP contribution in [0, 0.1) is 0 Å². The summed E-state index contributed by atoms with van der Waals surface area (Å²) in [5.74, 6) is 0.843. The summed E-state index contributed by atoms with van der Waals surface area (Å²) in [6, 6.07) is 20.4. The molecule has 146 valence electrons. The van der Waals surface area contributed by atoms with Crippen LogP contribution in [-0.4, -0.2) is 17.5 Å². The Balaban J connectivity index is 1.43. The molecule has 6 heteroatoms. The van der Waals surface area contributed by atoms with Gasteiger partial charge in [-0.3, -0.25) is 4.79 Å². The first-order valence-corrected chi connectivity index (χ1v) is 9.67. The summed E-state index contributed by atoms with van der Waals surface area (Å²) in [4.78, 5) is 16.7. The number of anilines is 1. The van der Waals surface area contributed by atoms with Crippen LogP contribution in [0.3, 0.4) is 0 Å². The van der Waals surface area contributed by atoms with Gasteiger partial charge in [-0.2, -0.15) is 0 Å². The van der Waals surface area contributed by atoms with E-state index in [4.69, 9.17) is 20.8 Å². The second-order valence-corrected chi connectivity index (χ2v) is 6.92. The molecule has 4 rings (SSSR count). The van der Waals surface area contributed by atoms with Gasteiger partial charge in [-0.15, -0.1) is 0 Å². The van der Waals surface area contributed by atoms with E-state index in [0.717, 1.165) is 12.0 Å². The quantitative estimate of drug-likeness (QED) is 0.444. The first kappa shape index (κ1) is 19.0. The summed E-state index contributed by atoms with van der Waals surface area (Å²) in [7, 11) is 0. The van der Waals surface area contributed by atoms with Gasteiger partial charge in [0.05, 0.1) is 10.6 Å². The predicted molar refractivity (Wildman–Crippen MR) is 114 cm³/mol. The van der Waals surface area contributed by atoms with Crippen molar-refractivity contribution < 1.29 is 13.9 Å². The van der Waals surface area contributed by atoms with Crippen molar-refractivity contribution in [1.29, 1.82) is 0 Å². The lowest BCUT2D eigenvalue weighted by Gasteiger charge is -2.08. The number of halogens is 1. The molecule has 0 aliphatic rings. The number of oxazole rings is 1. The minimum atomic E-state index is -0.255. The molecule has 0 unspecified atom stereocenters. The zero-order valence-electron chi connectivity index (χ0n) is 15.8. The van der Waals surface area contributed by atoms with Crippen LogP contribution in [0.1, 0.15) is 12.5 Å². The molecule has 0 radical (unpaired) electrons. The Morgan fingerprint density at radius 1 is 1.10 bits per heavy atom. The molecule has 1 N–H and O–H groups in total. The van der Waals surface area contributed by atoms with E-state index in [1.165, 1.54) is 5.56 Å². The SMILES string of the molecule is CCc1ccc(OCC(=O)Nc2ccc3nc(-c4ccccc4Cl)oc3c2)cc1.